The number of nitrogens with zero attached hydrogens (tertiary/aromatic N) is 1. The number of nitrogens with one attached hydrogen (secondary N) is 2. The Bertz CT molecular complexity index is 616. The molecule has 118 valence electrons. The van der Waals surface area contributed by atoms with Crippen LogP contribution >= 0.6 is 12.2 Å². The van der Waals surface area contributed by atoms with Gasteiger partial charge < -0.3 is 10.7 Å². The fourth-order valence-electron chi connectivity index (χ4n) is 2.63. The van der Waals surface area contributed by atoms with Crippen LogP contribution in [0.2, 0.25) is 0 Å². The normalized spacial score (nSPS) is 26.7. The number of sulfonamides is 1. The SMILES string of the molecule is CCc1ncc(S(=O)(=O)NC2(C(N)=S)CCC(C)CC2)[nH]1. The highest BCUT2D eigenvalue weighted by molar-refractivity contribution is 7.89. The predicted molar refractivity (Wildman–Crippen MR) is 85.4 cm³/mol. The zero-order chi connectivity index (χ0) is 15.7. The number of aromatic amines is 1. The number of aryl methyl sites for hydroxylation is 1. The number of imidazole rings is 1. The third-order valence-corrected chi connectivity index (χ3v) is 6.00. The molecule has 1 saturated carbocycles. The number of rotatable bonds is 5. The summed E-state index contributed by atoms with van der Waals surface area (Å²) >= 11 is 5.14. The molecule has 0 bridgehead atoms. The summed E-state index contributed by atoms with van der Waals surface area (Å²) in [5.74, 6) is 1.20. The third kappa shape index (κ3) is 3.44. The van der Waals surface area contributed by atoms with Crippen LogP contribution in [0.4, 0.5) is 0 Å². The van der Waals surface area contributed by atoms with E-state index >= 15 is 0 Å². The summed E-state index contributed by atoms with van der Waals surface area (Å²) in [6.07, 6.45) is 5.06. The maximum absolute atomic E-state index is 12.5. The van der Waals surface area contributed by atoms with Gasteiger partial charge in [0.15, 0.2) is 5.03 Å². The lowest BCUT2D eigenvalue weighted by Crippen LogP contribution is -2.58. The molecule has 0 unspecified atom stereocenters. The first-order chi connectivity index (χ1) is 9.79. The van der Waals surface area contributed by atoms with Crippen molar-refractivity contribution in [2.45, 2.75) is 56.5 Å². The Hall–Kier alpha value is -0.990. The topological polar surface area (TPSA) is 101 Å². The Kier molecular flexibility index (Phi) is 4.69. The number of hydrogen-bond acceptors (Lipinski definition) is 4. The fourth-order valence-corrected chi connectivity index (χ4v) is 4.33. The monoisotopic (exact) mass is 330 g/mol. The number of H-pyrrole nitrogens is 1. The highest BCUT2D eigenvalue weighted by Gasteiger charge is 2.41. The molecule has 0 radical (unpaired) electrons. The van der Waals surface area contributed by atoms with E-state index in [0.717, 1.165) is 12.8 Å². The summed E-state index contributed by atoms with van der Waals surface area (Å²) in [6.45, 7) is 4.06. The van der Waals surface area contributed by atoms with Crippen LogP contribution in [0.15, 0.2) is 11.2 Å². The van der Waals surface area contributed by atoms with Crippen molar-refractivity contribution in [3.8, 4) is 0 Å². The molecule has 2 rings (SSSR count). The van der Waals surface area contributed by atoms with Crippen molar-refractivity contribution in [1.29, 1.82) is 0 Å². The van der Waals surface area contributed by atoms with Gasteiger partial charge in [0.25, 0.3) is 10.0 Å². The van der Waals surface area contributed by atoms with E-state index in [1.165, 1.54) is 6.20 Å². The van der Waals surface area contributed by atoms with Crippen LogP contribution < -0.4 is 10.5 Å². The van der Waals surface area contributed by atoms with Crippen molar-refractivity contribution < 1.29 is 8.42 Å². The third-order valence-electron chi connectivity index (χ3n) is 4.16. The molecule has 8 heteroatoms. The fraction of sp³-hybridized carbons (Fsp3) is 0.692. The van der Waals surface area contributed by atoms with Crippen LogP contribution in [0.3, 0.4) is 0 Å². The van der Waals surface area contributed by atoms with Gasteiger partial charge in [-0.1, -0.05) is 26.1 Å². The molecule has 0 aliphatic heterocycles. The van der Waals surface area contributed by atoms with Crippen molar-refractivity contribution in [3.05, 3.63) is 12.0 Å². The number of aromatic nitrogens is 2. The minimum Gasteiger partial charge on any atom is -0.392 e. The molecule has 1 heterocycles. The van der Waals surface area contributed by atoms with Gasteiger partial charge in [0, 0.05) is 6.42 Å². The maximum Gasteiger partial charge on any atom is 0.258 e. The predicted octanol–water partition coefficient (Wildman–Crippen LogP) is 1.49. The molecule has 1 fully saturated rings. The van der Waals surface area contributed by atoms with E-state index in [4.69, 9.17) is 18.0 Å². The Morgan fingerprint density at radius 3 is 2.67 bits per heavy atom. The second-order valence-corrected chi connectivity index (χ2v) is 7.87. The molecule has 1 aliphatic carbocycles. The Labute approximate surface area is 131 Å². The summed E-state index contributed by atoms with van der Waals surface area (Å²) in [6, 6.07) is 0. The first-order valence-electron chi connectivity index (χ1n) is 7.17. The van der Waals surface area contributed by atoms with Crippen LogP contribution in [0.1, 0.15) is 45.4 Å². The van der Waals surface area contributed by atoms with Crippen molar-refractivity contribution >= 4 is 27.2 Å². The van der Waals surface area contributed by atoms with E-state index in [9.17, 15) is 8.42 Å². The maximum atomic E-state index is 12.5. The number of thiocarbonyl (C=S) groups is 1. The molecule has 1 aromatic rings. The standard InChI is InChI=1S/C13H22N4O2S2/c1-3-10-15-8-11(16-10)21(18,19)17-13(12(14)20)6-4-9(2)5-7-13/h8-9,17H,3-7H2,1-2H3,(H2,14,20)(H,15,16). The molecule has 0 spiro atoms. The van der Waals surface area contributed by atoms with Gasteiger partial charge >= 0.3 is 0 Å². The molecule has 1 aromatic heterocycles. The average Bonchev–Trinajstić information content (AvgIpc) is 2.91. The lowest BCUT2D eigenvalue weighted by atomic mass is 9.78. The van der Waals surface area contributed by atoms with Gasteiger partial charge in [-0.25, -0.2) is 13.4 Å². The van der Waals surface area contributed by atoms with Crippen LogP contribution in [0, 0.1) is 5.92 Å². The Morgan fingerprint density at radius 2 is 2.19 bits per heavy atom. The molecule has 4 N–H and O–H groups in total. The van der Waals surface area contributed by atoms with Gasteiger partial charge in [-0.2, -0.15) is 4.72 Å². The smallest absolute Gasteiger partial charge is 0.258 e. The van der Waals surface area contributed by atoms with Crippen LogP contribution in [0.5, 0.6) is 0 Å². The van der Waals surface area contributed by atoms with E-state index in [1.807, 2.05) is 6.92 Å². The zero-order valence-corrected chi connectivity index (χ0v) is 14.0. The molecular weight excluding hydrogens is 308 g/mol. The first-order valence-corrected chi connectivity index (χ1v) is 9.06. The summed E-state index contributed by atoms with van der Waals surface area (Å²) in [5.41, 5.74) is 5.02. The molecule has 0 amide bonds. The number of nitrogens with two attached hydrogens (primary N) is 1. The summed E-state index contributed by atoms with van der Waals surface area (Å²) in [5, 5.41) is 0.0635. The van der Waals surface area contributed by atoms with E-state index in [0.29, 0.717) is 31.0 Å². The summed E-state index contributed by atoms with van der Waals surface area (Å²) < 4.78 is 27.8. The largest absolute Gasteiger partial charge is 0.392 e. The zero-order valence-electron chi connectivity index (χ0n) is 12.3. The van der Waals surface area contributed by atoms with Crippen LogP contribution in [0.25, 0.3) is 0 Å². The molecule has 0 atom stereocenters. The first kappa shape index (κ1) is 16.4. The van der Waals surface area contributed by atoms with E-state index in [2.05, 4.69) is 21.6 Å². The molecule has 6 nitrogen and oxygen atoms in total. The van der Waals surface area contributed by atoms with Crippen molar-refractivity contribution in [2.24, 2.45) is 11.7 Å². The lowest BCUT2D eigenvalue weighted by Gasteiger charge is -2.38. The second kappa shape index (κ2) is 6.02. The van der Waals surface area contributed by atoms with E-state index < -0.39 is 15.6 Å². The van der Waals surface area contributed by atoms with Crippen LogP contribution in [-0.2, 0) is 16.4 Å². The average molecular weight is 330 g/mol. The second-order valence-electron chi connectivity index (χ2n) is 5.78. The van der Waals surface area contributed by atoms with Gasteiger partial charge in [-0.3, -0.25) is 0 Å². The lowest BCUT2D eigenvalue weighted by molar-refractivity contribution is 0.289. The highest BCUT2D eigenvalue weighted by atomic mass is 32.2. The van der Waals surface area contributed by atoms with Gasteiger partial charge in [0.1, 0.15) is 5.82 Å². The van der Waals surface area contributed by atoms with Crippen molar-refractivity contribution in [2.75, 3.05) is 0 Å². The van der Waals surface area contributed by atoms with Gasteiger partial charge in [-0.05, 0) is 31.6 Å². The van der Waals surface area contributed by atoms with Crippen molar-refractivity contribution in [3.63, 3.8) is 0 Å². The van der Waals surface area contributed by atoms with E-state index in [1.54, 1.807) is 0 Å². The highest BCUT2D eigenvalue weighted by Crippen LogP contribution is 2.33. The van der Waals surface area contributed by atoms with Gasteiger partial charge in [-0.15, -0.1) is 0 Å². The van der Waals surface area contributed by atoms with Gasteiger partial charge in [0.05, 0.1) is 16.7 Å². The summed E-state index contributed by atoms with van der Waals surface area (Å²) in [4.78, 5) is 7.06. The summed E-state index contributed by atoms with van der Waals surface area (Å²) in [7, 11) is -3.71. The quantitative estimate of drug-likeness (QED) is 0.710. The molecule has 21 heavy (non-hydrogen) atoms. The molecule has 0 aromatic carbocycles. The Morgan fingerprint density at radius 1 is 1.57 bits per heavy atom. The van der Waals surface area contributed by atoms with Crippen LogP contribution in [-0.4, -0.2) is 28.9 Å². The van der Waals surface area contributed by atoms with Gasteiger partial charge in [0.2, 0.25) is 0 Å². The van der Waals surface area contributed by atoms with E-state index in [-0.39, 0.29) is 10.0 Å². The molecule has 1 aliphatic rings. The minimum absolute atomic E-state index is 0.0635. The number of hydrogen-bond donors (Lipinski definition) is 3. The Balaban J connectivity index is 2.26. The molecular formula is C13H22N4O2S2. The minimum atomic E-state index is -3.71. The molecule has 0 saturated heterocycles. The van der Waals surface area contributed by atoms with Crippen molar-refractivity contribution in [1.82, 2.24) is 14.7 Å².